The summed E-state index contributed by atoms with van der Waals surface area (Å²) in [6.45, 7) is 6.18. The Labute approximate surface area is 114 Å². The second-order valence-electron chi connectivity index (χ2n) is 5.63. The van der Waals surface area contributed by atoms with Gasteiger partial charge >= 0.3 is 5.97 Å². The zero-order valence-corrected chi connectivity index (χ0v) is 11.6. The Morgan fingerprint density at radius 1 is 1.42 bits per heavy atom. The van der Waals surface area contributed by atoms with E-state index in [1.807, 2.05) is 32.0 Å². The topological polar surface area (TPSA) is 52.6 Å². The smallest absolute Gasteiger partial charge is 0.325 e. The van der Waals surface area contributed by atoms with E-state index in [1.54, 1.807) is 0 Å². The number of hydrogen-bond acceptors (Lipinski definition) is 3. The molecule has 1 aromatic carbocycles. The van der Waals surface area contributed by atoms with Crippen LogP contribution in [0.2, 0.25) is 0 Å². The molecule has 104 valence electrons. The maximum atomic E-state index is 11.6. The second kappa shape index (κ2) is 5.72. The molecule has 4 nitrogen and oxygen atoms in total. The number of nitrogens with zero attached hydrogens (tertiary/aromatic N) is 1. The highest BCUT2D eigenvalue weighted by molar-refractivity contribution is 5.79. The monoisotopic (exact) mass is 262 g/mol. The van der Waals surface area contributed by atoms with Crippen LogP contribution in [0.5, 0.6) is 0 Å². The molecule has 19 heavy (non-hydrogen) atoms. The van der Waals surface area contributed by atoms with Gasteiger partial charge in [-0.25, -0.2) is 0 Å². The number of nitrogens with one attached hydrogen (secondary N) is 1. The van der Waals surface area contributed by atoms with E-state index in [0.717, 1.165) is 13.1 Å². The summed E-state index contributed by atoms with van der Waals surface area (Å²) in [6.07, 6.45) is 0.660. The van der Waals surface area contributed by atoms with Crippen molar-refractivity contribution in [1.82, 2.24) is 10.2 Å². The van der Waals surface area contributed by atoms with Crippen molar-refractivity contribution in [3.05, 3.63) is 35.9 Å². The number of carboxylic acid groups (broad SMARTS) is 1. The van der Waals surface area contributed by atoms with Gasteiger partial charge in [0.1, 0.15) is 5.54 Å². The van der Waals surface area contributed by atoms with Crippen LogP contribution in [0, 0.1) is 0 Å². The van der Waals surface area contributed by atoms with E-state index >= 15 is 0 Å². The molecule has 1 unspecified atom stereocenters. The fourth-order valence-corrected chi connectivity index (χ4v) is 2.77. The summed E-state index contributed by atoms with van der Waals surface area (Å²) in [6, 6.07) is 10.4. The zero-order valence-electron chi connectivity index (χ0n) is 11.6. The minimum absolute atomic E-state index is 0.174. The maximum Gasteiger partial charge on any atom is 0.325 e. The minimum atomic E-state index is -0.789. The highest BCUT2D eigenvalue weighted by atomic mass is 16.4. The lowest BCUT2D eigenvalue weighted by Gasteiger charge is -2.28. The molecule has 0 aliphatic carbocycles. The van der Waals surface area contributed by atoms with E-state index in [-0.39, 0.29) is 6.04 Å². The van der Waals surface area contributed by atoms with Crippen LogP contribution in [0.4, 0.5) is 0 Å². The van der Waals surface area contributed by atoms with Crippen LogP contribution in [0.15, 0.2) is 30.3 Å². The van der Waals surface area contributed by atoms with Gasteiger partial charge in [-0.3, -0.25) is 15.0 Å². The van der Waals surface area contributed by atoms with Gasteiger partial charge in [0.2, 0.25) is 0 Å². The van der Waals surface area contributed by atoms with Crippen LogP contribution >= 0.6 is 0 Å². The Morgan fingerprint density at radius 2 is 2.11 bits per heavy atom. The standard InChI is InChI=1S/C15H22N2O2/c1-12(2)16-15(14(18)19)8-9-17(11-15)10-13-6-4-3-5-7-13/h3-7,12,16H,8-11H2,1-2H3,(H,18,19). The second-order valence-corrected chi connectivity index (χ2v) is 5.63. The molecule has 2 N–H and O–H groups in total. The lowest BCUT2D eigenvalue weighted by Crippen LogP contribution is -2.56. The third kappa shape index (κ3) is 3.33. The Morgan fingerprint density at radius 3 is 2.68 bits per heavy atom. The minimum Gasteiger partial charge on any atom is -0.480 e. The summed E-state index contributed by atoms with van der Waals surface area (Å²) in [5, 5.41) is 12.7. The van der Waals surface area contributed by atoms with E-state index < -0.39 is 11.5 Å². The molecule has 1 fully saturated rings. The first-order chi connectivity index (χ1) is 9.02. The quantitative estimate of drug-likeness (QED) is 0.848. The van der Waals surface area contributed by atoms with Crippen LogP contribution in [-0.2, 0) is 11.3 Å². The zero-order chi connectivity index (χ0) is 13.9. The van der Waals surface area contributed by atoms with Gasteiger partial charge < -0.3 is 5.11 Å². The van der Waals surface area contributed by atoms with Gasteiger partial charge in [-0.05, 0) is 25.8 Å². The van der Waals surface area contributed by atoms with E-state index in [0.29, 0.717) is 13.0 Å². The predicted molar refractivity (Wildman–Crippen MR) is 75.0 cm³/mol. The van der Waals surface area contributed by atoms with Crippen LogP contribution in [0.25, 0.3) is 0 Å². The molecule has 1 aliphatic heterocycles. The van der Waals surface area contributed by atoms with Gasteiger partial charge in [0, 0.05) is 25.7 Å². The number of carbonyl (C=O) groups is 1. The average Bonchev–Trinajstić information content (AvgIpc) is 2.74. The summed E-state index contributed by atoms with van der Waals surface area (Å²) < 4.78 is 0. The van der Waals surface area contributed by atoms with Crippen LogP contribution in [0.3, 0.4) is 0 Å². The fourth-order valence-electron chi connectivity index (χ4n) is 2.77. The van der Waals surface area contributed by atoms with Crippen molar-refractivity contribution < 1.29 is 9.90 Å². The third-order valence-electron chi connectivity index (χ3n) is 3.57. The van der Waals surface area contributed by atoms with Gasteiger partial charge in [-0.2, -0.15) is 0 Å². The lowest BCUT2D eigenvalue weighted by molar-refractivity contribution is -0.144. The first-order valence-electron chi connectivity index (χ1n) is 6.79. The van der Waals surface area contributed by atoms with Gasteiger partial charge in [0.25, 0.3) is 0 Å². The van der Waals surface area contributed by atoms with Crippen LogP contribution in [0.1, 0.15) is 25.8 Å². The molecular weight excluding hydrogens is 240 g/mol. The number of likely N-dealkylation sites (tertiary alicyclic amines) is 1. The lowest BCUT2D eigenvalue weighted by atomic mass is 9.98. The number of rotatable bonds is 5. The largest absolute Gasteiger partial charge is 0.480 e. The van der Waals surface area contributed by atoms with Crippen LogP contribution in [-0.4, -0.2) is 40.6 Å². The molecule has 1 aliphatic rings. The number of hydrogen-bond donors (Lipinski definition) is 2. The van der Waals surface area contributed by atoms with E-state index in [1.165, 1.54) is 5.56 Å². The third-order valence-corrected chi connectivity index (χ3v) is 3.57. The average molecular weight is 262 g/mol. The van der Waals surface area contributed by atoms with Crippen molar-refractivity contribution >= 4 is 5.97 Å². The molecule has 1 aromatic rings. The molecule has 0 aromatic heterocycles. The highest BCUT2D eigenvalue weighted by Gasteiger charge is 2.44. The molecule has 0 radical (unpaired) electrons. The molecule has 2 rings (SSSR count). The molecule has 0 spiro atoms. The fraction of sp³-hybridized carbons (Fsp3) is 0.533. The Hall–Kier alpha value is -1.39. The van der Waals surface area contributed by atoms with Crippen molar-refractivity contribution in [1.29, 1.82) is 0 Å². The number of aliphatic carboxylic acids is 1. The van der Waals surface area contributed by atoms with Gasteiger partial charge in [0.15, 0.2) is 0 Å². The Balaban J connectivity index is 2.03. The molecular formula is C15H22N2O2. The first kappa shape index (κ1) is 14.0. The maximum absolute atomic E-state index is 11.6. The predicted octanol–water partition coefficient (Wildman–Crippen LogP) is 1.71. The van der Waals surface area contributed by atoms with Crippen molar-refractivity contribution in [3.63, 3.8) is 0 Å². The molecule has 0 saturated carbocycles. The SMILES string of the molecule is CC(C)NC1(C(=O)O)CCN(Cc2ccccc2)C1. The molecule has 1 heterocycles. The summed E-state index contributed by atoms with van der Waals surface area (Å²) in [4.78, 5) is 13.8. The summed E-state index contributed by atoms with van der Waals surface area (Å²) in [5.74, 6) is -0.739. The van der Waals surface area contributed by atoms with Gasteiger partial charge in [0.05, 0.1) is 0 Å². The van der Waals surface area contributed by atoms with Crippen molar-refractivity contribution in [3.8, 4) is 0 Å². The molecule has 0 bridgehead atoms. The van der Waals surface area contributed by atoms with Gasteiger partial charge in [-0.1, -0.05) is 30.3 Å². The normalized spacial score (nSPS) is 23.9. The summed E-state index contributed by atoms with van der Waals surface area (Å²) in [5.41, 5.74) is 0.441. The Kier molecular flexibility index (Phi) is 4.22. The van der Waals surface area contributed by atoms with E-state index in [2.05, 4.69) is 22.3 Å². The number of carboxylic acids is 1. The van der Waals surface area contributed by atoms with E-state index in [9.17, 15) is 9.90 Å². The molecule has 0 amide bonds. The molecule has 4 heteroatoms. The number of benzene rings is 1. The molecule has 1 saturated heterocycles. The Bertz CT molecular complexity index is 433. The van der Waals surface area contributed by atoms with Gasteiger partial charge in [-0.15, -0.1) is 0 Å². The van der Waals surface area contributed by atoms with Crippen molar-refractivity contribution in [2.45, 2.75) is 38.4 Å². The van der Waals surface area contributed by atoms with Crippen molar-refractivity contribution in [2.75, 3.05) is 13.1 Å². The summed E-state index contributed by atoms with van der Waals surface area (Å²) in [7, 11) is 0. The molecule has 1 atom stereocenters. The highest BCUT2D eigenvalue weighted by Crippen LogP contribution is 2.24. The van der Waals surface area contributed by atoms with E-state index in [4.69, 9.17) is 0 Å². The first-order valence-corrected chi connectivity index (χ1v) is 6.79. The van der Waals surface area contributed by atoms with Crippen molar-refractivity contribution in [2.24, 2.45) is 0 Å². The van der Waals surface area contributed by atoms with Crippen LogP contribution < -0.4 is 5.32 Å². The summed E-state index contributed by atoms with van der Waals surface area (Å²) >= 11 is 0.